The molecule has 2 aromatic rings. The van der Waals surface area contributed by atoms with Crippen molar-refractivity contribution >= 4 is 11.7 Å². The monoisotopic (exact) mass is 296 g/mol. The van der Waals surface area contributed by atoms with Gasteiger partial charge >= 0.3 is 6.03 Å². The molecule has 0 fully saturated rings. The van der Waals surface area contributed by atoms with Crippen molar-refractivity contribution in [3.05, 3.63) is 65.7 Å². The maximum atomic E-state index is 12.3. The molecule has 0 spiro atoms. The molecule has 0 bridgehead atoms. The van der Waals surface area contributed by atoms with Crippen molar-refractivity contribution < 1.29 is 4.79 Å². The fourth-order valence-electron chi connectivity index (χ4n) is 2.47. The zero-order valence-electron chi connectivity index (χ0n) is 13.4. The van der Waals surface area contributed by atoms with Gasteiger partial charge in [-0.25, -0.2) is 4.79 Å². The molecule has 116 valence electrons. The Morgan fingerprint density at radius 1 is 1.09 bits per heavy atom. The van der Waals surface area contributed by atoms with Gasteiger partial charge in [0.2, 0.25) is 0 Å². The molecule has 0 aliphatic rings. The van der Waals surface area contributed by atoms with E-state index in [1.54, 1.807) is 4.90 Å². The highest BCUT2D eigenvalue weighted by atomic mass is 16.2. The third-order valence-electron chi connectivity index (χ3n) is 3.64. The molecule has 0 saturated carbocycles. The van der Waals surface area contributed by atoms with Crippen molar-refractivity contribution in [2.75, 3.05) is 18.0 Å². The second-order valence-corrected chi connectivity index (χ2v) is 5.40. The highest BCUT2D eigenvalue weighted by Crippen LogP contribution is 2.15. The number of hydrogen-bond acceptors (Lipinski definition) is 1. The Morgan fingerprint density at radius 3 is 2.55 bits per heavy atom. The average Bonchev–Trinajstić information content (AvgIpc) is 2.53. The summed E-state index contributed by atoms with van der Waals surface area (Å²) in [7, 11) is 0. The zero-order chi connectivity index (χ0) is 15.8. The molecule has 0 heterocycles. The van der Waals surface area contributed by atoms with E-state index in [1.807, 2.05) is 56.3 Å². The highest BCUT2D eigenvalue weighted by Gasteiger charge is 2.12. The van der Waals surface area contributed by atoms with Crippen LogP contribution in [0.1, 0.15) is 24.5 Å². The zero-order valence-corrected chi connectivity index (χ0v) is 13.4. The lowest BCUT2D eigenvalue weighted by molar-refractivity contribution is 0.246. The van der Waals surface area contributed by atoms with Crippen molar-refractivity contribution in [2.24, 2.45) is 0 Å². The third-order valence-corrected chi connectivity index (χ3v) is 3.64. The van der Waals surface area contributed by atoms with Gasteiger partial charge in [0.1, 0.15) is 0 Å². The van der Waals surface area contributed by atoms with Gasteiger partial charge in [0, 0.05) is 18.8 Å². The molecule has 3 nitrogen and oxygen atoms in total. The number of nitrogens with zero attached hydrogens (tertiary/aromatic N) is 1. The number of benzene rings is 2. The molecule has 0 aromatic heterocycles. The molecule has 0 unspecified atom stereocenters. The summed E-state index contributed by atoms with van der Waals surface area (Å²) < 4.78 is 0. The van der Waals surface area contributed by atoms with Gasteiger partial charge in [0.05, 0.1) is 0 Å². The van der Waals surface area contributed by atoms with Crippen LogP contribution in [0.3, 0.4) is 0 Å². The minimum Gasteiger partial charge on any atom is -0.338 e. The largest absolute Gasteiger partial charge is 0.338 e. The molecule has 0 atom stereocenters. The minimum absolute atomic E-state index is 0.0267. The second-order valence-electron chi connectivity index (χ2n) is 5.40. The van der Waals surface area contributed by atoms with E-state index in [0.29, 0.717) is 13.1 Å². The smallest absolute Gasteiger partial charge is 0.321 e. The number of urea groups is 1. The molecule has 1 N–H and O–H groups in total. The predicted octanol–water partition coefficient (Wildman–Crippen LogP) is 4.16. The molecule has 0 aliphatic carbocycles. The van der Waals surface area contributed by atoms with Gasteiger partial charge in [-0.05, 0) is 49.9 Å². The van der Waals surface area contributed by atoms with Gasteiger partial charge in [-0.2, -0.15) is 0 Å². The molecule has 22 heavy (non-hydrogen) atoms. The number of amides is 2. The predicted molar refractivity (Wildman–Crippen MR) is 92.4 cm³/mol. The summed E-state index contributed by atoms with van der Waals surface area (Å²) in [6, 6.07) is 18.3. The first-order valence-electron chi connectivity index (χ1n) is 7.86. The van der Waals surface area contributed by atoms with E-state index in [-0.39, 0.29) is 6.03 Å². The Bertz CT molecular complexity index is 595. The minimum atomic E-state index is -0.0267. The number of aryl methyl sites for hydroxylation is 2. The van der Waals surface area contributed by atoms with Gasteiger partial charge in [-0.15, -0.1) is 0 Å². The molecule has 0 radical (unpaired) electrons. The van der Waals surface area contributed by atoms with Crippen molar-refractivity contribution in [3.8, 4) is 0 Å². The van der Waals surface area contributed by atoms with Crippen LogP contribution in [0.25, 0.3) is 0 Å². The van der Waals surface area contributed by atoms with E-state index >= 15 is 0 Å². The summed E-state index contributed by atoms with van der Waals surface area (Å²) in [5, 5.41) is 3.01. The van der Waals surface area contributed by atoms with E-state index in [2.05, 4.69) is 17.4 Å². The van der Waals surface area contributed by atoms with Crippen LogP contribution in [-0.2, 0) is 6.42 Å². The molecule has 2 aromatic carbocycles. The molecular formula is C19H24N2O. The Balaban J connectivity index is 1.82. The van der Waals surface area contributed by atoms with Crippen LogP contribution in [0.4, 0.5) is 10.5 Å². The molecule has 2 rings (SSSR count). The Morgan fingerprint density at radius 2 is 1.86 bits per heavy atom. The number of hydrogen-bond donors (Lipinski definition) is 1. The topological polar surface area (TPSA) is 32.3 Å². The standard InChI is InChI=1S/C19H24N2O/c1-3-21(18-13-7-9-16(2)15-18)19(22)20-14-8-12-17-10-5-4-6-11-17/h4-7,9-11,13,15H,3,8,12,14H2,1-2H3,(H,20,22). The van der Waals surface area contributed by atoms with Gasteiger partial charge in [0.15, 0.2) is 0 Å². The number of anilines is 1. The van der Waals surface area contributed by atoms with E-state index in [9.17, 15) is 4.79 Å². The number of nitrogens with one attached hydrogen (secondary N) is 1. The molecule has 2 amide bonds. The maximum absolute atomic E-state index is 12.3. The molecular weight excluding hydrogens is 272 g/mol. The molecule has 0 saturated heterocycles. The first-order valence-corrected chi connectivity index (χ1v) is 7.86. The van der Waals surface area contributed by atoms with Crippen LogP contribution < -0.4 is 10.2 Å². The highest BCUT2D eigenvalue weighted by molar-refractivity contribution is 5.91. The summed E-state index contributed by atoms with van der Waals surface area (Å²) >= 11 is 0. The first kappa shape index (κ1) is 16.1. The molecule has 0 aliphatic heterocycles. The summed E-state index contributed by atoms with van der Waals surface area (Å²) in [6.45, 7) is 5.38. The summed E-state index contributed by atoms with van der Waals surface area (Å²) in [6.07, 6.45) is 1.93. The Hall–Kier alpha value is -2.29. The fraction of sp³-hybridized carbons (Fsp3) is 0.316. The lowest BCUT2D eigenvalue weighted by Gasteiger charge is -2.22. The van der Waals surface area contributed by atoms with E-state index in [1.165, 1.54) is 5.56 Å². The van der Waals surface area contributed by atoms with Gasteiger partial charge in [-0.3, -0.25) is 4.90 Å². The first-order chi connectivity index (χ1) is 10.7. The van der Waals surface area contributed by atoms with Crippen molar-refractivity contribution in [3.63, 3.8) is 0 Å². The van der Waals surface area contributed by atoms with Crippen LogP contribution in [0.2, 0.25) is 0 Å². The van der Waals surface area contributed by atoms with E-state index < -0.39 is 0 Å². The van der Waals surface area contributed by atoms with Gasteiger partial charge < -0.3 is 5.32 Å². The third kappa shape index (κ3) is 4.62. The van der Waals surface area contributed by atoms with Gasteiger partial charge in [0.25, 0.3) is 0 Å². The maximum Gasteiger partial charge on any atom is 0.321 e. The summed E-state index contributed by atoms with van der Waals surface area (Å²) in [5.41, 5.74) is 3.42. The average molecular weight is 296 g/mol. The SMILES string of the molecule is CCN(C(=O)NCCCc1ccccc1)c1cccc(C)c1. The van der Waals surface area contributed by atoms with Crippen molar-refractivity contribution in [1.29, 1.82) is 0 Å². The summed E-state index contributed by atoms with van der Waals surface area (Å²) in [4.78, 5) is 14.1. The van der Waals surface area contributed by atoms with E-state index in [0.717, 1.165) is 24.1 Å². The second kappa shape index (κ2) is 8.23. The Labute approximate surface area is 133 Å². The van der Waals surface area contributed by atoms with Crippen LogP contribution >= 0.6 is 0 Å². The normalized spacial score (nSPS) is 10.3. The Kier molecular flexibility index (Phi) is 6.01. The van der Waals surface area contributed by atoms with Crippen LogP contribution in [0.15, 0.2) is 54.6 Å². The van der Waals surface area contributed by atoms with Crippen LogP contribution in [-0.4, -0.2) is 19.1 Å². The number of rotatable bonds is 6. The quantitative estimate of drug-likeness (QED) is 0.797. The van der Waals surface area contributed by atoms with Crippen molar-refractivity contribution in [2.45, 2.75) is 26.7 Å². The lowest BCUT2D eigenvalue weighted by atomic mass is 10.1. The number of carbonyl (C=O) groups is 1. The fourth-order valence-corrected chi connectivity index (χ4v) is 2.47. The van der Waals surface area contributed by atoms with E-state index in [4.69, 9.17) is 0 Å². The number of carbonyl (C=O) groups excluding carboxylic acids is 1. The van der Waals surface area contributed by atoms with Crippen molar-refractivity contribution in [1.82, 2.24) is 5.32 Å². The summed E-state index contributed by atoms with van der Waals surface area (Å²) in [5.74, 6) is 0. The lowest BCUT2D eigenvalue weighted by Crippen LogP contribution is -2.40. The molecule has 3 heteroatoms. The van der Waals surface area contributed by atoms with Crippen LogP contribution in [0, 0.1) is 6.92 Å². The van der Waals surface area contributed by atoms with Crippen LogP contribution in [0.5, 0.6) is 0 Å². The van der Waals surface area contributed by atoms with Gasteiger partial charge in [-0.1, -0.05) is 42.5 Å².